The zero-order valence-corrected chi connectivity index (χ0v) is 12.5. The SMILES string of the molecule is Cc1ccccc1CC(CNC1CC1)c1ccc(F)cc1. The predicted molar refractivity (Wildman–Crippen MR) is 85.0 cm³/mol. The number of benzene rings is 2. The van der Waals surface area contributed by atoms with Crippen molar-refractivity contribution in [1.29, 1.82) is 0 Å². The summed E-state index contributed by atoms with van der Waals surface area (Å²) in [5, 5.41) is 3.62. The first kappa shape index (κ1) is 14.3. The topological polar surface area (TPSA) is 12.0 Å². The van der Waals surface area contributed by atoms with E-state index in [1.165, 1.54) is 29.5 Å². The molecule has 2 aromatic carbocycles. The van der Waals surface area contributed by atoms with Gasteiger partial charge in [0.1, 0.15) is 5.82 Å². The lowest BCUT2D eigenvalue weighted by atomic mass is 9.90. The molecule has 1 N–H and O–H groups in total. The third kappa shape index (κ3) is 3.92. The molecule has 1 fully saturated rings. The minimum atomic E-state index is -0.163. The minimum Gasteiger partial charge on any atom is -0.313 e. The van der Waals surface area contributed by atoms with Crippen LogP contribution in [0.1, 0.15) is 35.4 Å². The first-order valence-electron chi connectivity index (χ1n) is 7.76. The minimum absolute atomic E-state index is 0.163. The van der Waals surface area contributed by atoms with Crippen LogP contribution in [0.25, 0.3) is 0 Å². The van der Waals surface area contributed by atoms with Gasteiger partial charge in [-0.2, -0.15) is 0 Å². The Morgan fingerprint density at radius 1 is 1.10 bits per heavy atom. The Bertz CT molecular complexity index is 587. The Labute approximate surface area is 126 Å². The van der Waals surface area contributed by atoms with Crippen LogP contribution in [0.3, 0.4) is 0 Å². The molecule has 1 aliphatic rings. The second kappa shape index (κ2) is 6.40. The third-order valence-electron chi connectivity index (χ3n) is 4.30. The highest BCUT2D eigenvalue weighted by atomic mass is 19.1. The van der Waals surface area contributed by atoms with Crippen molar-refractivity contribution in [1.82, 2.24) is 5.32 Å². The van der Waals surface area contributed by atoms with Crippen molar-refractivity contribution >= 4 is 0 Å². The molecule has 0 aromatic heterocycles. The number of rotatable bonds is 6. The smallest absolute Gasteiger partial charge is 0.123 e. The molecule has 1 aliphatic carbocycles. The quantitative estimate of drug-likeness (QED) is 0.837. The summed E-state index contributed by atoms with van der Waals surface area (Å²) in [6.45, 7) is 3.12. The molecule has 1 unspecified atom stereocenters. The van der Waals surface area contributed by atoms with Gasteiger partial charge in [-0.3, -0.25) is 0 Å². The van der Waals surface area contributed by atoms with E-state index in [0.29, 0.717) is 12.0 Å². The van der Waals surface area contributed by atoms with E-state index < -0.39 is 0 Å². The molecule has 110 valence electrons. The van der Waals surface area contributed by atoms with E-state index in [2.05, 4.69) is 36.5 Å². The van der Waals surface area contributed by atoms with Crippen molar-refractivity contribution in [2.75, 3.05) is 6.54 Å². The van der Waals surface area contributed by atoms with Gasteiger partial charge in [0.15, 0.2) is 0 Å². The van der Waals surface area contributed by atoms with Gasteiger partial charge in [0.25, 0.3) is 0 Å². The van der Waals surface area contributed by atoms with Crippen molar-refractivity contribution in [2.45, 2.75) is 38.1 Å². The lowest BCUT2D eigenvalue weighted by Crippen LogP contribution is -2.25. The molecule has 0 spiro atoms. The fourth-order valence-corrected chi connectivity index (χ4v) is 2.74. The molecule has 2 heteroatoms. The van der Waals surface area contributed by atoms with Crippen LogP contribution in [0.5, 0.6) is 0 Å². The summed E-state index contributed by atoms with van der Waals surface area (Å²) in [6.07, 6.45) is 3.58. The highest BCUT2D eigenvalue weighted by molar-refractivity contribution is 5.30. The van der Waals surface area contributed by atoms with E-state index >= 15 is 0 Å². The molecule has 2 aromatic rings. The van der Waals surface area contributed by atoms with Gasteiger partial charge in [-0.1, -0.05) is 36.4 Å². The molecule has 1 saturated carbocycles. The molecule has 21 heavy (non-hydrogen) atoms. The Morgan fingerprint density at radius 3 is 2.48 bits per heavy atom. The third-order valence-corrected chi connectivity index (χ3v) is 4.30. The van der Waals surface area contributed by atoms with Gasteiger partial charge in [0.2, 0.25) is 0 Å². The molecule has 0 bridgehead atoms. The van der Waals surface area contributed by atoms with Crippen LogP contribution in [0.15, 0.2) is 48.5 Å². The lowest BCUT2D eigenvalue weighted by molar-refractivity contribution is 0.573. The van der Waals surface area contributed by atoms with Crippen molar-refractivity contribution in [2.24, 2.45) is 0 Å². The van der Waals surface area contributed by atoms with Gasteiger partial charge < -0.3 is 5.32 Å². The number of halogens is 1. The Balaban J connectivity index is 1.77. The van der Waals surface area contributed by atoms with E-state index in [0.717, 1.165) is 13.0 Å². The van der Waals surface area contributed by atoms with Crippen molar-refractivity contribution < 1.29 is 4.39 Å². The maximum absolute atomic E-state index is 13.1. The monoisotopic (exact) mass is 283 g/mol. The molecule has 1 nitrogen and oxygen atoms in total. The summed E-state index contributed by atoms with van der Waals surface area (Å²) in [7, 11) is 0. The number of nitrogens with one attached hydrogen (secondary N) is 1. The van der Waals surface area contributed by atoms with Crippen LogP contribution in [0.4, 0.5) is 4.39 Å². The maximum atomic E-state index is 13.1. The molecule has 1 atom stereocenters. The van der Waals surface area contributed by atoms with Gasteiger partial charge in [0.05, 0.1) is 0 Å². The summed E-state index contributed by atoms with van der Waals surface area (Å²) < 4.78 is 13.1. The molecule has 0 aliphatic heterocycles. The van der Waals surface area contributed by atoms with Crippen LogP contribution in [0, 0.1) is 12.7 Å². The molecule has 0 radical (unpaired) electrons. The Morgan fingerprint density at radius 2 is 1.81 bits per heavy atom. The van der Waals surface area contributed by atoms with Gasteiger partial charge in [-0.15, -0.1) is 0 Å². The summed E-state index contributed by atoms with van der Waals surface area (Å²) in [6, 6.07) is 16.2. The van der Waals surface area contributed by atoms with E-state index in [1.807, 2.05) is 12.1 Å². The van der Waals surface area contributed by atoms with E-state index in [4.69, 9.17) is 0 Å². The first-order chi connectivity index (χ1) is 10.2. The van der Waals surface area contributed by atoms with Crippen LogP contribution in [-0.4, -0.2) is 12.6 Å². The molecule has 0 saturated heterocycles. The zero-order chi connectivity index (χ0) is 14.7. The Hall–Kier alpha value is -1.67. The molecular weight excluding hydrogens is 261 g/mol. The standard InChI is InChI=1S/C19H22FN/c1-14-4-2-3-5-16(14)12-17(13-21-19-10-11-19)15-6-8-18(20)9-7-15/h2-9,17,19,21H,10-13H2,1H3. The second-order valence-corrected chi connectivity index (χ2v) is 6.06. The fourth-order valence-electron chi connectivity index (χ4n) is 2.74. The summed E-state index contributed by atoms with van der Waals surface area (Å²) >= 11 is 0. The van der Waals surface area contributed by atoms with E-state index in [9.17, 15) is 4.39 Å². The molecule has 0 amide bonds. The van der Waals surface area contributed by atoms with Crippen LogP contribution in [0.2, 0.25) is 0 Å². The number of hydrogen-bond acceptors (Lipinski definition) is 1. The van der Waals surface area contributed by atoms with Crippen molar-refractivity contribution in [3.05, 3.63) is 71.0 Å². The van der Waals surface area contributed by atoms with Crippen LogP contribution < -0.4 is 5.32 Å². The number of hydrogen-bond donors (Lipinski definition) is 1. The maximum Gasteiger partial charge on any atom is 0.123 e. The summed E-state index contributed by atoms with van der Waals surface area (Å²) in [5.41, 5.74) is 3.92. The second-order valence-electron chi connectivity index (χ2n) is 6.06. The zero-order valence-electron chi connectivity index (χ0n) is 12.5. The fraction of sp³-hybridized carbons (Fsp3) is 0.368. The molecule has 0 heterocycles. The summed E-state index contributed by atoms with van der Waals surface area (Å²) in [5.74, 6) is 0.232. The Kier molecular flexibility index (Phi) is 4.35. The lowest BCUT2D eigenvalue weighted by Gasteiger charge is -2.19. The van der Waals surface area contributed by atoms with Gasteiger partial charge >= 0.3 is 0 Å². The van der Waals surface area contributed by atoms with Gasteiger partial charge in [-0.25, -0.2) is 4.39 Å². The first-order valence-corrected chi connectivity index (χ1v) is 7.76. The average molecular weight is 283 g/mol. The molecule has 3 rings (SSSR count). The van der Waals surface area contributed by atoms with Gasteiger partial charge in [-0.05, 0) is 55.0 Å². The summed E-state index contributed by atoms with van der Waals surface area (Å²) in [4.78, 5) is 0. The van der Waals surface area contributed by atoms with Crippen LogP contribution >= 0.6 is 0 Å². The van der Waals surface area contributed by atoms with Gasteiger partial charge in [0, 0.05) is 18.5 Å². The average Bonchev–Trinajstić information content (AvgIpc) is 3.31. The largest absolute Gasteiger partial charge is 0.313 e. The predicted octanol–water partition coefficient (Wildman–Crippen LogP) is 4.21. The van der Waals surface area contributed by atoms with E-state index in [-0.39, 0.29) is 5.82 Å². The van der Waals surface area contributed by atoms with Crippen molar-refractivity contribution in [3.8, 4) is 0 Å². The normalized spacial score (nSPS) is 15.9. The van der Waals surface area contributed by atoms with E-state index in [1.54, 1.807) is 12.1 Å². The highest BCUT2D eigenvalue weighted by Gasteiger charge is 2.22. The molecular formula is C19H22FN. The number of aryl methyl sites for hydroxylation is 1. The highest BCUT2D eigenvalue weighted by Crippen LogP contribution is 2.25. The van der Waals surface area contributed by atoms with Crippen LogP contribution in [-0.2, 0) is 6.42 Å². The van der Waals surface area contributed by atoms with Crippen molar-refractivity contribution in [3.63, 3.8) is 0 Å².